The Morgan fingerprint density at radius 2 is 1.89 bits per heavy atom. The van der Waals surface area contributed by atoms with Crippen molar-refractivity contribution in [2.45, 2.75) is 6.42 Å². The predicted molar refractivity (Wildman–Crippen MR) is 102 cm³/mol. The molecule has 27 heavy (non-hydrogen) atoms. The summed E-state index contributed by atoms with van der Waals surface area (Å²) in [6.45, 7) is 0.758. The van der Waals surface area contributed by atoms with E-state index in [4.69, 9.17) is 0 Å². The summed E-state index contributed by atoms with van der Waals surface area (Å²) in [5, 5.41) is 15.9. The molecule has 0 spiro atoms. The number of ketones is 1. The predicted octanol–water partition coefficient (Wildman–Crippen LogP) is 0.492. The van der Waals surface area contributed by atoms with E-state index in [1.807, 2.05) is 30.3 Å². The summed E-state index contributed by atoms with van der Waals surface area (Å²) in [6, 6.07) is 9.29. The lowest BCUT2D eigenvalue weighted by Crippen LogP contribution is -2.56. The average Bonchev–Trinajstić information content (AvgIpc) is 3.15. The fourth-order valence-electron chi connectivity index (χ4n) is 3.18. The molecule has 1 atom stereocenters. The number of hydrogen-bond acceptors (Lipinski definition) is 5. The number of amidine groups is 1. The third-order valence-corrected chi connectivity index (χ3v) is 6.80. The largest absolute Gasteiger partial charge is 0.633 e. The second kappa shape index (κ2) is 7.89. The van der Waals surface area contributed by atoms with E-state index in [-0.39, 0.29) is 50.0 Å². The Bertz CT molecular complexity index is 839. The molecule has 1 saturated heterocycles. The Kier molecular flexibility index (Phi) is 5.75. The van der Waals surface area contributed by atoms with Crippen molar-refractivity contribution in [3.8, 4) is 0 Å². The molecule has 9 heteroatoms. The Morgan fingerprint density at radius 3 is 2.48 bits per heavy atom. The van der Waals surface area contributed by atoms with Crippen LogP contribution in [0.1, 0.15) is 5.56 Å². The summed E-state index contributed by atoms with van der Waals surface area (Å²) in [5.41, 5.74) is 0.875. The summed E-state index contributed by atoms with van der Waals surface area (Å²) < 4.78 is 26.7. The minimum atomic E-state index is -3.68. The number of likely N-dealkylation sites (N-methyl/N-ethyl adjacent to an activating group) is 1. The van der Waals surface area contributed by atoms with Gasteiger partial charge in [0.05, 0.1) is 39.0 Å². The van der Waals surface area contributed by atoms with Gasteiger partial charge in [0.1, 0.15) is 0 Å². The van der Waals surface area contributed by atoms with Crippen LogP contribution in [0.15, 0.2) is 47.7 Å². The molecule has 145 valence electrons. The van der Waals surface area contributed by atoms with E-state index in [2.05, 4.69) is 10.3 Å². The fraction of sp³-hybridized carbons (Fsp3) is 0.444. The topological polar surface area (TPSA) is 104 Å². The zero-order valence-corrected chi connectivity index (χ0v) is 16.0. The van der Waals surface area contributed by atoms with Gasteiger partial charge in [0.2, 0.25) is 15.8 Å². The van der Waals surface area contributed by atoms with E-state index in [1.165, 1.54) is 16.7 Å². The van der Waals surface area contributed by atoms with Gasteiger partial charge in [-0.15, -0.1) is 0 Å². The van der Waals surface area contributed by atoms with Crippen molar-refractivity contribution in [3.05, 3.63) is 53.5 Å². The fourth-order valence-corrected chi connectivity index (χ4v) is 4.89. The Balaban J connectivity index is 1.76. The van der Waals surface area contributed by atoms with Gasteiger partial charge in [-0.3, -0.25) is 4.79 Å². The summed E-state index contributed by atoms with van der Waals surface area (Å²) >= 11 is 0. The van der Waals surface area contributed by atoms with E-state index >= 15 is 0 Å². The molecular weight excluding hydrogens is 368 g/mol. The molecule has 1 aromatic rings. The van der Waals surface area contributed by atoms with Crippen molar-refractivity contribution < 1.29 is 17.9 Å². The van der Waals surface area contributed by atoms with Crippen LogP contribution in [0.3, 0.4) is 0 Å². The second-order valence-electron chi connectivity index (χ2n) is 7.05. The first-order valence-corrected chi connectivity index (χ1v) is 10.4. The Hall–Kier alpha value is -2.07. The zero-order valence-electron chi connectivity index (χ0n) is 15.2. The molecule has 1 aromatic carbocycles. The molecule has 2 aliphatic rings. The molecule has 1 radical (unpaired) electrons. The number of benzene rings is 1. The lowest BCUT2D eigenvalue weighted by Gasteiger charge is -2.44. The van der Waals surface area contributed by atoms with Crippen LogP contribution in [0.4, 0.5) is 0 Å². The number of aliphatic imine (C=N–C) groups is 1. The summed E-state index contributed by atoms with van der Waals surface area (Å²) in [4.78, 5) is 16.7. The van der Waals surface area contributed by atoms with Gasteiger partial charge in [-0.1, -0.05) is 30.3 Å². The lowest BCUT2D eigenvalue weighted by atomic mass is 9.96. The number of sulfonamides is 1. The maximum atomic E-state index is 12.9. The third kappa shape index (κ3) is 5.01. The molecule has 8 nitrogen and oxygen atoms in total. The molecule has 0 amide bonds. The standard InChI is InChI=1S/C18H23N4O4S/c1-22(24)11-9-21(10-12-22)27(25,26)14-16(13-15-5-3-2-4-6-15)17(23)18-19-7-8-20-18/h2-8,16H,9-14H2,1H3/t16-/m1/s1. The van der Waals surface area contributed by atoms with E-state index in [1.54, 1.807) is 7.05 Å². The molecule has 0 unspecified atom stereocenters. The molecule has 0 saturated carbocycles. The van der Waals surface area contributed by atoms with Gasteiger partial charge >= 0.3 is 0 Å². The van der Waals surface area contributed by atoms with E-state index < -0.39 is 20.6 Å². The quantitative estimate of drug-likeness (QED) is 0.498. The first-order valence-electron chi connectivity index (χ1n) is 8.82. The maximum Gasteiger partial charge on any atom is 0.215 e. The molecule has 2 heterocycles. The highest BCUT2D eigenvalue weighted by Gasteiger charge is 2.35. The molecule has 0 aromatic heterocycles. The average molecular weight is 391 g/mol. The minimum Gasteiger partial charge on any atom is -0.633 e. The number of quaternary nitrogens is 1. The SMILES string of the molecule is C[N+]1([O-])CCN(S(=O)(=O)C[C@@H](Cc2ccccc2)C(=O)C2=NC=C[N]2)CC1. The highest BCUT2D eigenvalue weighted by molar-refractivity contribution is 7.89. The molecular formula is C18H23N4O4S. The Morgan fingerprint density at radius 1 is 1.22 bits per heavy atom. The summed E-state index contributed by atoms with van der Waals surface area (Å²) in [6.07, 6.45) is 3.12. The van der Waals surface area contributed by atoms with Gasteiger partial charge in [-0.25, -0.2) is 18.7 Å². The van der Waals surface area contributed by atoms with E-state index in [9.17, 15) is 18.4 Å². The van der Waals surface area contributed by atoms with Gasteiger partial charge in [-0.05, 0) is 12.0 Å². The molecule has 1 fully saturated rings. The second-order valence-corrected chi connectivity index (χ2v) is 9.07. The summed E-state index contributed by atoms with van der Waals surface area (Å²) in [7, 11) is -2.14. The zero-order chi connectivity index (χ0) is 19.5. The maximum absolute atomic E-state index is 12.9. The number of rotatable bonds is 7. The van der Waals surface area contributed by atoms with Gasteiger partial charge in [0, 0.05) is 18.3 Å². The number of carbonyl (C=O) groups excluding carboxylic acids is 1. The molecule has 0 N–H and O–H groups in total. The number of hydroxylamine groups is 3. The van der Waals surface area contributed by atoms with Crippen LogP contribution in [0.25, 0.3) is 0 Å². The Labute approximate surface area is 159 Å². The number of piperazine rings is 1. The molecule has 0 aliphatic carbocycles. The molecule has 2 aliphatic heterocycles. The normalized spacial score (nSPS) is 20.7. The van der Waals surface area contributed by atoms with E-state index in [0.717, 1.165) is 5.56 Å². The van der Waals surface area contributed by atoms with Gasteiger partial charge in [0.25, 0.3) is 0 Å². The van der Waals surface area contributed by atoms with Crippen molar-refractivity contribution in [1.29, 1.82) is 0 Å². The van der Waals surface area contributed by atoms with Crippen LogP contribution >= 0.6 is 0 Å². The highest BCUT2D eigenvalue weighted by atomic mass is 32.2. The van der Waals surface area contributed by atoms with Crippen LogP contribution in [0.5, 0.6) is 0 Å². The molecule has 0 bridgehead atoms. The first-order chi connectivity index (χ1) is 12.8. The van der Waals surface area contributed by atoms with Gasteiger partial charge in [-0.2, -0.15) is 4.31 Å². The minimum absolute atomic E-state index is 0.0357. The van der Waals surface area contributed by atoms with Gasteiger partial charge in [0.15, 0.2) is 5.84 Å². The van der Waals surface area contributed by atoms with Crippen molar-refractivity contribution >= 4 is 21.6 Å². The van der Waals surface area contributed by atoms with E-state index in [0.29, 0.717) is 0 Å². The van der Waals surface area contributed by atoms with Crippen LogP contribution in [-0.2, 0) is 21.2 Å². The number of nitrogens with zero attached hydrogens (tertiary/aromatic N) is 4. The smallest absolute Gasteiger partial charge is 0.215 e. The number of carbonyl (C=O) groups is 1. The van der Waals surface area contributed by atoms with Crippen molar-refractivity contribution in [1.82, 2.24) is 9.62 Å². The van der Waals surface area contributed by atoms with Crippen molar-refractivity contribution in [3.63, 3.8) is 0 Å². The van der Waals surface area contributed by atoms with Crippen LogP contribution < -0.4 is 5.32 Å². The van der Waals surface area contributed by atoms with Crippen molar-refractivity contribution in [2.24, 2.45) is 10.9 Å². The monoisotopic (exact) mass is 391 g/mol. The van der Waals surface area contributed by atoms with Gasteiger partial charge < -0.3 is 9.85 Å². The number of Topliss-reactive ketones (excluding diaryl/α,β-unsaturated/α-hetero) is 1. The summed E-state index contributed by atoms with van der Waals surface area (Å²) in [5.74, 6) is -1.45. The third-order valence-electron chi connectivity index (χ3n) is 4.83. The van der Waals surface area contributed by atoms with Crippen LogP contribution in [0.2, 0.25) is 0 Å². The van der Waals surface area contributed by atoms with Crippen LogP contribution in [-0.4, -0.2) is 68.0 Å². The van der Waals surface area contributed by atoms with Crippen LogP contribution in [0, 0.1) is 11.1 Å². The number of hydrogen-bond donors (Lipinski definition) is 0. The first kappa shape index (κ1) is 19.7. The lowest BCUT2D eigenvalue weighted by molar-refractivity contribution is -0.864. The van der Waals surface area contributed by atoms with Crippen molar-refractivity contribution in [2.75, 3.05) is 39.0 Å². The molecule has 3 rings (SSSR count). The highest BCUT2D eigenvalue weighted by Crippen LogP contribution is 2.19.